The number of ether oxygens (including phenoxy) is 1. The van der Waals surface area contributed by atoms with Gasteiger partial charge >= 0.3 is 0 Å². The average molecular weight is 530 g/mol. The van der Waals surface area contributed by atoms with Crippen LogP contribution in [-0.2, 0) is 14.8 Å². The molecule has 36 heavy (non-hydrogen) atoms. The van der Waals surface area contributed by atoms with Gasteiger partial charge < -0.3 is 14.1 Å². The SMILES string of the molecule is COc1ccccc1NS(=O)(=O)c1ccc2oc(SCC(=O)N3C[C@]4(C)C[C@H]3CC(C)(C)C4)nc2c1. The van der Waals surface area contributed by atoms with Gasteiger partial charge in [-0.2, -0.15) is 0 Å². The second-order valence-electron chi connectivity index (χ2n) is 10.9. The number of para-hydroxylation sites is 2. The Labute approximate surface area is 215 Å². The maximum Gasteiger partial charge on any atom is 0.262 e. The number of thioether (sulfide) groups is 1. The van der Waals surface area contributed by atoms with E-state index in [4.69, 9.17) is 9.15 Å². The number of sulfonamides is 1. The highest BCUT2D eigenvalue weighted by molar-refractivity contribution is 7.99. The van der Waals surface area contributed by atoms with E-state index in [1.54, 1.807) is 30.3 Å². The van der Waals surface area contributed by atoms with Gasteiger partial charge in [-0.3, -0.25) is 9.52 Å². The number of benzene rings is 2. The number of likely N-dealkylation sites (tertiary alicyclic amines) is 1. The van der Waals surface area contributed by atoms with Crippen molar-refractivity contribution in [3.8, 4) is 5.75 Å². The van der Waals surface area contributed by atoms with Gasteiger partial charge in [0, 0.05) is 12.6 Å². The van der Waals surface area contributed by atoms with Crippen molar-refractivity contribution in [3.05, 3.63) is 42.5 Å². The Bertz CT molecular complexity index is 1420. The van der Waals surface area contributed by atoms with E-state index in [1.807, 2.05) is 4.90 Å². The van der Waals surface area contributed by atoms with Crippen LogP contribution < -0.4 is 9.46 Å². The zero-order valence-electron chi connectivity index (χ0n) is 20.9. The number of aromatic nitrogens is 1. The molecule has 1 amide bonds. The van der Waals surface area contributed by atoms with Crippen molar-refractivity contribution < 1.29 is 22.4 Å². The summed E-state index contributed by atoms with van der Waals surface area (Å²) in [6, 6.07) is 11.6. The van der Waals surface area contributed by atoms with Crippen LogP contribution >= 0.6 is 11.8 Å². The quantitative estimate of drug-likeness (QED) is 0.422. The van der Waals surface area contributed by atoms with Crippen LogP contribution in [0, 0.1) is 10.8 Å². The summed E-state index contributed by atoms with van der Waals surface area (Å²) in [7, 11) is -2.39. The minimum atomic E-state index is -3.87. The van der Waals surface area contributed by atoms with Crippen molar-refractivity contribution in [2.24, 2.45) is 10.8 Å². The maximum absolute atomic E-state index is 13.1. The lowest BCUT2D eigenvalue weighted by atomic mass is 9.65. The van der Waals surface area contributed by atoms with Crippen molar-refractivity contribution >= 4 is 44.5 Å². The molecule has 192 valence electrons. The summed E-state index contributed by atoms with van der Waals surface area (Å²) in [6.07, 6.45) is 3.23. The molecule has 1 saturated carbocycles. The molecule has 1 aliphatic carbocycles. The highest BCUT2D eigenvalue weighted by Gasteiger charge is 2.50. The molecule has 3 aromatic rings. The first-order valence-corrected chi connectivity index (χ1v) is 14.4. The van der Waals surface area contributed by atoms with Crippen molar-refractivity contribution in [1.29, 1.82) is 0 Å². The molecule has 2 aliphatic rings. The van der Waals surface area contributed by atoms with Crippen LogP contribution in [0.4, 0.5) is 5.69 Å². The van der Waals surface area contributed by atoms with E-state index in [0.29, 0.717) is 33.8 Å². The molecule has 0 spiro atoms. The third-order valence-electron chi connectivity index (χ3n) is 7.06. The number of methoxy groups -OCH3 is 1. The third-order valence-corrected chi connectivity index (χ3v) is 9.23. The van der Waals surface area contributed by atoms with Crippen molar-refractivity contribution in [1.82, 2.24) is 9.88 Å². The minimum Gasteiger partial charge on any atom is -0.495 e. The fraction of sp³-hybridized carbons (Fsp3) is 0.462. The molecule has 1 N–H and O–H groups in total. The van der Waals surface area contributed by atoms with E-state index in [9.17, 15) is 13.2 Å². The van der Waals surface area contributed by atoms with Gasteiger partial charge in [0.15, 0.2) is 5.58 Å². The molecule has 8 nitrogen and oxygen atoms in total. The highest BCUT2D eigenvalue weighted by Crippen LogP contribution is 2.52. The Balaban J connectivity index is 1.28. The summed E-state index contributed by atoms with van der Waals surface area (Å²) in [6.45, 7) is 7.67. The molecule has 1 saturated heterocycles. The van der Waals surface area contributed by atoms with E-state index < -0.39 is 10.0 Å². The number of nitrogens with zero attached hydrogens (tertiary/aromatic N) is 2. The van der Waals surface area contributed by atoms with Gasteiger partial charge in [-0.25, -0.2) is 13.4 Å². The molecule has 1 aromatic heterocycles. The molecule has 2 atom stereocenters. The van der Waals surface area contributed by atoms with Gasteiger partial charge in [0.25, 0.3) is 15.2 Å². The van der Waals surface area contributed by atoms with Crippen molar-refractivity contribution in [2.75, 3.05) is 24.1 Å². The Hall–Kier alpha value is -2.72. The molecule has 2 fully saturated rings. The Kier molecular flexibility index (Phi) is 6.23. The topological polar surface area (TPSA) is 102 Å². The lowest BCUT2D eigenvalue weighted by molar-refractivity contribution is -0.129. The van der Waals surface area contributed by atoms with Crippen LogP contribution in [0.3, 0.4) is 0 Å². The first-order valence-electron chi connectivity index (χ1n) is 12.0. The number of hydrogen-bond donors (Lipinski definition) is 1. The lowest BCUT2D eigenvalue weighted by Gasteiger charge is -2.39. The van der Waals surface area contributed by atoms with Gasteiger partial charge in [0.1, 0.15) is 11.3 Å². The van der Waals surface area contributed by atoms with Crippen LogP contribution in [0.15, 0.2) is 57.0 Å². The van der Waals surface area contributed by atoms with E-state index in [-0.39, 0.29) is 27.4 Å². The van der Waals surface area contributed by atoms with Gasteiger partial charge in [-0.05, 0) is 60.4 Å². The number of anilines is 1. The molecule has 2 heterocycles. The molecule has 10 heteroatoms. The Morgan fingerprint density at radius 2 is 2.00 bits per heavy atom. The molecular weight excluding hydrogens is 498 g/mol. The van der Waals surface area contributed by atoms with Crippen LogP contribution in [0.2, 0.25) is 0 Å². The first-order chi connectivity index (χ1) is 17.0. The lowest BCUT2D eigenvalue weighted by Crippen LogP contribution is -2.38. The standard InChI is InChI=1S/C26H31N3O5S2/c1-25(2)12-17-13-26(3,15-25)16-29(17)23(30)14-35-24-27-20-11-18(9-10-22(20)34-24)36(31,32)28-19-7-5-6-8-21(19)33-4/h5-11,17,28H,12-16H2,1-4H3/t17-,26-/m1/s1. The van der Waals surface area contributed by atoms with Crippen LogP contribution in [0.1, 0.15) is 40.0 Å². The molecule has 5 rings (SSSR count). The fourth-order valence-corrected chi connectivity index (χ4v) is 7.82. The number of fused-ring (bicyclic) bond motifs is 3. The average Bonchev–Trinajstić information content (AvgIpc) is 3.33. The monoisotopic (exact) mass is 529 g/mol. The molecular formula is C26H31N3O5S2. The predicted molar refractivity (Wildman–Crippen MR) is 140 cm³/mol. The van der Waals surface area contributed by atoms with Crippen LogP contribution in [0.5, 0.6) is 5.75 Å². The van der Waals surface area contributed by atoms with E-state index in [1.165, 1.54) is 31.0 Å². The highest BCUT2D eigenvalue weighted by atomic mass is 32.2. The smallest absolute Gasteiger partial charge is 0.262 e. The number of hydrogen-bond acceptors (Lipinski definition) is 7. The second kappa shape index (κ2) is 8.99. The number of nitrogens with one attached hydrogen (secondary N) is 1. The van der Waals surface area contributed by atoms with Crippen molar-refractivity contribution in [3.63, 3.8) is 0 Å². The Morgan fingerprint density at radius 1 is 1.22 bits per heavy atom. The summed E-state index contributed by atoms with van der Waals surface area (Å²) in [5.74, 6) is 0.754. The number of amides is 1. The van der Waals surface area contributed by atoms with Crippen LogP contribution in [0.25, 0.3) is 11.1 Å². The normalized spacial score (nSPS) is 23.1. The summed E-state index contributed by atoms with van der Waals surface area (Å²) in [5, 5.41) is 0.347. The zero-order valence-corrected chi connectivity index (χ0v) is 22.5. The number of carbonyl (C=O) groups is 1. The Morgan fingerprint density at radius 3 is 2.78 bits per heavy atom. The summed E-state index contributed by atoms with van der Waals surface area (Å²) >= 11 is 1.24. The third kappa shape index (κ3) is 4.93. The van der Waals surface area contributed by atoms with E-state index >= 15 is 0 Å². The largest absolute Gasteiger partial charge is 0.495 e. The first kappa shape index (κ1) is 25.0. The van der Waals surface area contributed by atoms with E-state index in [0.717, 1.165) is 25.8 Å². The summed E-state index contributed by atoms with van der Waals surface area (Å²) < 4.78 is 39.5. The molecule has 2 bridgehead atoms. The number of oxazole rings is 1. The summed E-state index contributed by atoms with van der Waals surface area (Å²) in [4.78, 5) is 19.6. The number of carbonyl (C=O) groups excluding carboxylic acids is 1. The zero-order chi connectivity index (χ0) is 25.7. The van der Waals surface area contributed by atoms with Gasteiger partial charge in [0.05, 0.1) is 23.4 Å². The molecule has 1 aliphatic heterocycles. The van der Waals surface area contributed by atoms with Gasteiger partial charge in [0.2, 0.25) is 5.91 Å². The predicted octanol–water partition coefficient (Wildman–Crippen LogP) is 5.16. The van der Waals surface area contributed by atoms with E-state index in [2.05, 4.69) is 30.5 Å². The fourth-order valence-electron chi connectivity index (χ4n) is 6.01. The van der Waals surface area contributed by atoms with Gasteiger partial charge in [-0.15, -0.1) is 0 Å². The number of rotatable bonds is 7. The van der Waals surface area contributed by atoms with Crippen molar-refractivity contribution in [2.45, 2.75) is 56.2 Å². The molecule has 2 aromatic carbocycles. The summed E-state index contributed by atoms with van der Waals surface area (Å²) in [5.41, 5.74) is 1.66. The molecule has 0 unspecified atom stereocenters. The molecule has 0 radical (unpaired) electrons. The van der Waals surface area contributed by atoms with Crippen LogP contribution in [-0.4, -0.2) is 49.7 Å². The maximum atomic E-state index is 13.1. The second-order valence-corrected chi connectivity index (χ2v) is 13.5. The minimum absolute atomic E-state index is 0.0574. The van der Waals surface area contributed by atoms with Gasteiger partial charge in [-0.1, -0.05) is 44.7 Å².